The van der Waals surface area contributed by atoms with Crippen molar-refractivity contribution in [1.29, 1.82) is 5.26 Å². The molecule has 1 rings (SSSR count). The molecule has 0 unspecified atom stereocenters. The zero-order chi connectivity index (χ0) is 13.4. The van der Waals surface area contributed by atoms with E-state index in [2.05, 4.69) is 11.4 Å². The van der Waals surface area contributed by atoms with Gasteiger partial charge in [0, 0.05) is 6.54 Å². The average Bonchev–Trinajstić information content (AvgIpc) is 2.78. The SMILES string of the molecule is CCCN(CCO)CC(=O)NC1(C#N)CCCC1. The van der Waals surface area contributed by atoms with Crippen LogP contribution in [0.3, 0.4) is 0 Å². The highest BCUT2D eigenvalue weighted by atomic mass is 16.3. The number of nitriles is 1. The monoisotopic (exact) mass is 253 g/mol. The van der Waals surface area contributed by atoms with Gasteiger partial charge in [0.15, 0.2) is 0 Å². The molecule has 102 valence electrons. The van der Waals surface area contributed by atoms with Crippen LogP contribution < -0.4 is 5.32 Å². The highest BCUT2D eigenvalue weighted by Crippen LogP contribution is 2.28. The standard InChI is InChI=1S/C13H23N3O2/c1-2-7-16(8-9-17)10-12(18)15-13(11-14)5-3-4-6-13/h17H,2-10H2,1H3,(H,15,18). The lowest BCUT2D eigenvalue weighted by atomic mass is 10.00. The van der Waals surface area contributed by atoms with Gasteiger partial charge in [0.05, 0.1) is 19.2 Å². The van der Waals surface area contributed by atoms with Crippen molar-refractivity contribution >= 4 is 5.91 Å². The number of hydrogen-bond acceptors (Lipinski definition) is 4. The Balaban J connectivity index is 2.46. The topological polar surface area (TPSA) is 76.4 Å². The van der Waals surface area contributed by atoms with E-state index in [0.29, 0.717) is 6.54 Å². The van der Waals surface area contributed by atoms with E-state index in [9.17, 15) is 10.1 Å². The number of amides is 1. The summed E-state index contributed by atoms with van der Waals surface area (Å²) in [5.41, 5.74) is -0.645. The molecule has 5 heteroatoms. The Morgan fingerprint density at radius 3 is 2.61 bits per heavy atom. The smallest absolute Gasteiger partial charge is 0.235 e. The van der Waals surface area contributed by atoms with Gasteiger partial charge in [0.2, 0.25) is 5.91 Å². The Bertz CT molecular complexity index is 300. The van der Waals surface area contributed by atoms with Gasteiger partial charge in [-0.2, -0.15) is 5.26 Å². The molecular formula is C13H23N3O2. The summed E-state index contributed by atoms with van der Waals surface area (Å²) in [5.74, 6) is -0.111. The molecule has 0 aromatic rings. The number of carbonyl (C=O) groups is 1. The summed E-state index contributed by atoms with van der Waals surface area (Å²) in [4.78, 5) is 13.8. The van der Waals surface area contributed by atoms with Gasteiger partial charge in [0.25, 0.3) is 0 Å². The molecule has 0 bridgehead atoms. The minimum atomic E-state index is -0.645. The zero-order valence-corrected chi connectivity index (χ0v) is 11.1. The Kier molecular flexibility index (Phi) is 6.10. The first kappa shape index (κ1) is 14.9. The molecule has 0 spiro atoms. The molecule has 1 saturated carbocycles. The molecule has 1 amide bonds. The van der Waals surface area contributed by atoms with Crippen LogP contribution in [-0.4, -0.2) is 47.7 Å². The van der Waals surface area contributed by atoms with Crippen molar-refractivity contribution in [3.05, 3.63) is 0 Å². The fourth-order valence-electron chi connectivity index (χ4n) is 2.48. The second kappa shape index (κ2) is 7.34. The first-order valence-electron chi connectivity index (χ1n) is 6.71. The van der Waals surface area contributed by atoms with Gasteiger partial charge < -0.3 is 10.4 Å². The second-order valence-electron chi connectivity index (χ2n) is 4.95. The van der Waals surface area contributed by atoms with Crippen LogP contribution in [0, 0.1) is 11.3 Å². The molecule has 0 aliphatic heterocycles. The largest absolute Gasteiger partial charge is 0.395 e. The quantitative estimate of drug-likeness (QED) is 0.698. The lowest BCUT2D eigenvalue weighted by molar-refractivity contribution is -0.123. The third-order valence-corrected chi connectivity index (χ3v) is 3.37. The summed E-state index contributed by atoms with van der Waals surface area (Å²) in [5, 5.41) is 21.0. The first-order valence-corrected chi connectivity index (χ1v) is 6.71. The van der Waals surface area contributed by atoms with Gasteiger partial charge in [-0.15, -0.1) is 0 Å². The number of aliphatic hydroxyl groups excluding tert-OH is 1. The molecule has 2 N–H and O–H groups in total. The van der Waals surface area contributed by atoms with E-state index in [4.69, 9.17) is 5.11 Å². The minimum absolute atomic E-state index is 0.0523. The van der Waals surface area contributed by atoms with Crippen molar-refractivity contribution in [2.45, 2.75) is 44.6 Å². The normalized spacial score (nSPS) is 17.7. The molecule has 0 aromatic heterocycles. The zero-order valence-electron chi connectivity index (χ0n) is 11.1. The van der Waals surface area contributed by atoms with Crippen LogP contribution in [-0.2, 0) is 4.79 Å². The fraction of sp³-hybridized carbons (Fsp3) is 0.846. The van der Waals surface area contributed by atoms with Gasteiger partial charge in [-0.05, 0) is 38.6 Å². The molecule has 0 atom stereocenters. The van der Waals surface area contributed by atoms with Crippen molar-refractivity contribution in [2.75, 3.05) is 26.2 Å². The Labute approximate surface area is 109 Å². The van der Waals surface area contributed by atoms with Crippen LogP contribution in [0.5, 0.6) is 0 Å². The van der Waals surface area contributed by atoms with Gasteiger partial charge in [-0.1, -0.05) is 6.92 Å². The molecule has 0 radical (unpaired) electrons. The van der Waals surface area contributed by atoms with Crippen molar-refractivity contribution in [3.63, 3.8) is 0 Å². The summed E-state index contributed by atoms with van der Waals surface area (Å²) in [6.45, 7) is 3.64. The molecular weight excluding hydrogens is 230 g/mol. The van der Waals surface area contributed by atoms with E-state index in [-0.39, 0.29) is 19.1 Å². The average molecular weight is 253 g/mol. The maximum absolute atomic E-state index is 11.9. The Morgan fingerprint density at radius 1 is 1.44 bits per heavy atom. The van der Waals surface area contributed by atoms with E-state index < -0.39 is 5.54 Å². The summed E-state index contributed by atoms with van der Waals surface area (Å²) >= 11 is 0. The number of aliphatic hydroxyl groups is 1. The lowest BCUT2D eigenvalue weighted by Crippen LogP contribution is -2.49. The third kappa shape index (κ3) is 4.28. The number of carbonyl (C=O) groups excluding carboxylic acids is 1. The number of rotatable bonds is 7. The van der Waals surface area contributed by atoms with Crippen LogP contribution in [0.4, 0.5) is 0 Å². The van der Waals surface area contributed by atoms with Crippen LogP contribution in [0.2, 0.25) is 0 Å². The summed E-state index contributed by atoms with van der Waals surface area (Å²) in [6.07, 6.45) is 4.45. The van der Waals surface area contributed by atoms with E-state index in [1.54, 1.807) is 0 Å². The summed E-state index contributed by atoms with van der Waals surface area (Å²) in [7, 11) is 0. The first-order chi connectivity index (χ1) is 8.65. The minimum Gasteiger partial charge on any atom is -0.395 e. The van der Waals surface area contributed by atoms with Gasteiger partial charge in [0.1, 0.15) is 5.54 Å². The van der Waals surface area contributed by atoms with E-state index in [1.807, 2.05) is 11.8 Å². The van der Waals surface area contributed by atoms with Crippen LogP contribution in [0.1, 0.15) is 39.0 Å². The number of hydrogen-bond donors (Lipinski definition) is 2. The molecule has 0 aromatic carbocycles. The predicted octanol–water partition coefficient (Wildman–Crippen LogP) is 0.643. The molecule has 1 fully saturated rings. The summed E-state index contributed by atoms with van der Waals surface area (Å²) < 4.78 is 0. The van der Waals surface area contributed by atoms with Crippen molar-refractivity contribution in [3.8, 4) is 6.07 Å². The van der Waals surface area contributed by atoms with Crippen molar-refractivity contribution < 1.29 is 9.90 Å². The number of nitrogens with zero attached hydrogens (tertiary/aromatic N) is 2. The van der Waals surface area contributed by atoms with E-state index >= 15 is 0 Å². The molecule has 1 aliphatic rings. The highest BCUT2D eigenvalue weighted by Gasteiger charge is 2.35. The number of nitrogens with one attached hydrogen (secondary N) is 1. The van der Waals surface area contributed by atoms with Gasteiger partial charge in [-0.25, -0.2) is 0 Å². The van der Waals surface area contributed by atoms with Gasteiger partial charge in [-0.3, -0.25) is 9.69 Å². The third-order valence-electron chi connectivity index (χ3n) is 3.37. The maximum atomic E-state index is 11.9. The van der Waals surface area contributed by atoms with Crippen LogP contribution >= 0.6 is 0 Å². The lowest BCUT2D eigenvalue weighted by Gasteiger charge is -2.25. The van der Waals surface area contributed by atoms with Crippen LogP contribution in [0.15, 0.2) is 0 Å². The molecule has 1 aliphatic carbocycles. The van der Waals surface area contributed by atoms with Gasteiger partial charge >= 0.3 is 0 Å². The molecule has 5 nitrogen and oxygen atoms in total. The molecule has 18 heavy (non-hydrogen) atoms. The van der Waals surface area contributed by atoms with E-state index in [1.165, 1.54) is 0 Å². The second-order valence-corrected chi connectivity index (χ2v) is 4.95. The Hall–Kier alpha value is -1.12. The van der Waals surface area contributed by atoms with Crippen molar-refractivity contribution in [1.82, 2.24) is 10.2 Å². The molecule has 0 saturated heterocycles. The Morgan fingerprint density at radius 2 is 2.11 bits per heavy atom. The molecule has 0 heterocycles. The van der Waals surface area contributed by atoms with E-state index in [0.717, 1.165) is 38.6 Å². The predicted molar refractivity (Wildman–Crippen MR) is 68.8 cm³/mol. The maximum Gasteiger partial charge on any atom is 0.235 e. The van der Waals surface area contributed by atoms with Crippen molar-refractivity contribution in [2.24, 2.45) is 0 Å². The fourth-order valence-corrected chi connectivity index (χ4v) is 2.48. The summed E-state index contributed by atoms with van der Waals surface area (Å²) in [6, 6.07) is 2.25. The van der Waals surface area contributed by atoms with Crippen LogP contribution in [0.25, 0.3) is 0 Å². The highest BCUT2D eigenvalue weighted by molar-refractivity contribution is 5.79.